The normalized spacial score (nSPS) is 13.3. The number of hydrogen-bond acceptors (Lipinski definition) is 2. The third-order valence-corrected chi connectivity index (χ3v) is 6.11. The lowest BCUT2D eigenvalue weighted by molar-refractivity contribution is -0.137. The Labute approximate surface area is 201 Å². The van der Waals surface area contributed by atoms with Crippen LogP contribution in [0, 0.1) is 0 Å². The van der Waals surface area contributed by atoms with Crippen LogP contribution in [0.3, 0.4) is 0 Å². The zero-order valence-corrected chi connectivity index (χ0v) is 19.7. The highest BCUT2D eigenvalue weighted by molar-refractivity contribution is 6.33. The first-order valence-electron chi connectivity index (χ1n) is 10.6. The summed E-state index contributed by atoms with van der Waals surface area (Å²) in [4.78, 5) is 1.80. The van der Waals surface area contributed by atoms with Crippen molar-refractivity contribution in [2.45, 2.75) is 38.9 Å². The lowest BCUT2D eigenvalue weighted by Crippen LogP contribution is -2.26. The van der Waals surface area contributed by atoms with E-state index >= 15 is 0 Å². The van der Waals surface area contributed by atoms with Crippen molar-refractivity contribution in [1.82, 2.24) is 0 Å². The molecule has 1 aliphatic carbocycles. The molecule has 33 heavy (non-hydrogen) atoms. The molecule has 0 aliphatic heterocycles. The van der Waals surface area contributed by atoms with Crippen LogP contribution in [0.1, 0.15) is 37.8 Å². The smallest absolute Gasteiger partial charge is 0.355 e. The van der Waals surface area contributed by atoms with Crippen molar-refractivity contribution in [2.75, 3.05) is 10.2 Å². The molecule has 0 saturated heterocycles. The maximum Gasteiger partial charge on any atom is 0.416 e. The first-order chi connectivity index (χ1) is 15.6. The lowest BCUT2D eigenvalue weighted by Gasteiger charge is -2.31. The van der Waals surface area contributed by atoms with Crippen LogP contribution in [-0.2, 0) is 6.18 Å². The molecule has 0 spiro atoms. The third kappa shape index (κ3) is 5.31. The van der Waals surface area contributed by atoms with Gasteiger partial charge in [-0.3, -0.25) is 0 Å². The predicted octanol–water partition coefficient (Wildman–Crippen LogP) is 9.18. The quantitative estimate of drug-likeness (QED) is 0.370. The number of anilines is 3. The summed E-state index contributed by atoms with van der Waals surface area (Å²) < 4.78 is 39.9. The molecule has 172 valence electrons. The summed E-state index contributed by atoms with van der Waals surface area (Å²) in [5.41, 5.74) is 4.48. The third-order valence-electron chi connectivity index (χ3n) is 5.46. The molecule has 3 aromatic rings. The minimum absolute atomic E-state index is 0.114. The fourth-order valence-electron chi connectivity index (χ4n) is 3.76. The second kappa shape index (κ2) is 9.32. The molecule has 3 aromatic carbocycles. The fraction of sp³-hybridized carbons (Fsp3) is 0.231. The van der Waals surface area contributed by atoms with Gasteiger partial charge in [0.1, 0.15) is 0 Å². The first kappa shape index (κ1) is 23.5. The molecule has 0 amide bonds. The van der Waals surface area contributed by atoms with E-state index < -0.39 is 11.7 Å². The minimum Gasteiger partial charge on any atom is -0.355 e. The molecule has 0 bridgehead atoms. The summed E-state index contributed by atoms with van der Waals surface area (Å²) in [6.45, 7) is 3.82. The Morgan fingerprint density at radius 3 is 2.15 bits per heavy atom. The molecular weight excluding hydrogens is 468 g/mol. The van der Waals surface area contributed by atoms with Gasteiger partial charge in [-0.1, -0.05) is 41.4 Å². The van der Waals surface area contributed by atoms with Crippen molar-refractivity contribution in [1.29, 1.82) is 0 Å². The van der Waals surface area contributed by atoms with Crippen LogP contribution >= 0.6 is 23.2 Å². The monoisotopic (exact) mass is 490 g/mol. The highest BCUT2D eigenvalue weighted by Crippen LogP contribution is 2.41. The van der Waals surface area contributed by atoms with Gasteiger partial charge in [-0.05, 0) is 80.8 Å². The minimum atomic E-state index is -4.44. The summed E-state index contributed by atoms with van der Waals surface area (Å²) in [5.74, 6) is 0. The maximum absolute atomic E-state index is 13.3. The van der Waals surface area contributed by atoms with E-state index in [1.54, 1.807) is 4.90 Å². The van der Waals surface area contributed by atoms with Gasteiger partial charge in [-0.2, -0.15) is 13.2 Å². The maximum atomic E-state index is 13.3. The number of rotatable bonds is 6. The largest absolute Gasteiger partial charge is 0.416 e. The topological polar surface area (TPSA) is 15.3 Å². The van der Waals surface area contributed by atoms with Gasteiger partial charge in [0.15, 0.2) is 0 Å². The van der Waals surface area contributed by atoms with Crippen molar-refractivity contribution in [2.24, 2.45) is 0 Å². The Bertz CT molecular complexity index is 1180. The van der Waals surface area contributed by atoms with Gasteiger partial charge < -0.3 is 10.2 Å². The molecule has 1 aliphatic rings. The van der Waals surface area contributed by atoms with Gasteiger partial charge in [0.2, 0.25) is 0 Å². The summed E-state index contributed by atoms with van der Waals surface area (Å²) >= 11 is 12.7. The Morgan fingerprint density at radius 1 is 0.909 bits per heavy atom. The van der Waals surface area contributed by atoms with Crippen LogP contribution in [0.2, 0.25) is 10.0 Å². The number of benzene rings is 3. The van der Waals surface area contributed by atoms with Crippen LogP contribution < -0.4 is 10.2 Å². The van der Waals surface area contributed by atoms with Gasteiger partial charge in [0.25, 0.3) is 0 Å². The SMILES string of the molecule is CC(C)N(c1ccc(NC(=C2CC2)c2ccccc2Cl)cc1)c1cc(C(F)(F)F)ccc1Cl. The van der Waals surface area contributed by atoms with Crippen LogP contribution in [-0.4, -0.2) is 6.04 Å². The van der Waals surface area contributed by atoms with Crippen LogP contribution in [0.15, 0.2) is 72.3 Å². The van der Waals surface area contributed by atoms with Gasteiger partial charge in [-0.25, -0.2) is 0 Å². The molecule has 4 rings (SSSR count). The zero-order chi connectivity index (χ0) is 23.8. The number of nitrogens with one attached hydrogen (secondary N) is 1. The molecule has 0 radical (unpaired) electrons. The average molecular weight is 491 g/mol. The van der Waals surface area contributed by atoms with Gasteiger partial charge in [0.05, 0.1) is 16.3 Å². The molecular formula is C26H23Cl2F3N2. The van der Waals surface area contributed by atoms with Crippen LogP contribution in [0.25, 0.3) is 5.70 Å². The fourth-order valence-corrected chi connectivity index (χ4v) is 4.20. The molecule has 0 unspecified atom stereocenters. The Balaban J connectivity index is 1.64. The summed E-state index contributed by atoms with van der Waals surface area (Å²) in [7, 11) is 0. The zero-order valence-electron chi connectivity index (χ0n) is 18.2. The van der Waals surface area contributed by atoms with Crippen molar-refractivity contribution in [3.63, 3.8) is 0 Å². The number of halogens is 5. The summed E-state index contributed by atoms with van der Waals surface area (Å²) in [5, 5.41) is 4.42. The lowest BCUT2D eigenvalue weighted by atomic mass is 10.1. The molecule has 1 fully saturated rings. The van der Waals surface area contributed by atoms with E-state index in [1.807, 2.05) is 62.4 Å². The Morgan fingerprint density at radius 2 is 1.58 bits per heavy atom. The highest BCUT2D eigenvalue weighted by atomic mass is 35.5. The Hall–Kier alpha value is -2.63. The molecule has 2 nitrogen and oxygen atoms in total. The molecule has 7 heteroatoms. The molecule has 0 aromatic heterocycles. The van der Waals surface area contributed by atoms with Crippen LogP contribution in [0.4, 0.5) is 30.2 Å². The number of allylic oxidation sites excluding steroid dienone is 1. The van der Waals surface area contributed by atoms with E-state index in [0.717, 1.165) is 47.6 Å². The standard InChI is InChI=1S/C26H23Cl2F3N2/c1-16(2)33(24-15-18(26(29,30)31)9-14-23(24)28)20-12-10-19(11-13-20)32-25(17-7-8-17)21-5-3-4-6-22(21)27/h3-6,9-16,32H,7-8H2,1-2H3. The van der Waals surface area contributed by atoms with Gasteiger partial charge in [-0.15, -0.1) is 0 Å². The molecule has 1 saturated carbocycles. The second-order valence-electron chi connectivity index (χ2n) is 8.26. The highest BCUT2D eigenvalue weighted by Gasteiger charge is 2.32. The van der Waals surface area contributed by atoms with E-state index in [2.05, 4.69) is 5.32 Å². The van der Waals surface area contributed by atoms with E-state index in [1.165, 1.54) is 11.6 Å². The summed E-state index contributed by atoms with van der Waals surface area (Å²) in [6.07, 6.45) is -2.39. The van der Waals surface area contributed by atoms with E-state index in [-0.39, 0.29) is 11.1 Å². The molecule has 1 N–H and O–H groups in total. The Kier molecular flexibility index (Phi) is 6.64. The number of hydrogen-bond donors (Lipinski definition) is 1. The van der Waals surface area contributed by atoms with Crippen LogP contribution in [0.5, 0.6) is 0 Å². The van der Waals surface area contributed by atoms with Crippen molar-refractivity contribution < 1.29 is 13.2 Å². The summed E-state index contributed by atoms with van der Waals surface area (Å²) in [6, 6.07) is 18.5. The van der Waals surface area contributed by atoms with Crippen molar-refractivity contribution in [3.05, 3.63) is 93.5 Å². The van der Waals surface area contributed by atoms with E-state index in [0.29, 0.717) is 10.7 Å². The van der Waals surface area contributed by atoms with E-state index in [9.17, 15) is 13.2 Å². The number of alkyl halides is 3. The first-order valence-corrected chi connectivity index (χ1v) is 11.4. The van der Waals surface area contributed by atoms with Gasteiger partial charge >= 0.3 is 6.18 Å². The average Bonchev–Trinajstić information content (AvgIpc) is 3.59. The second-order valence-corrected chi connectivity index (χ2v) is 9.07. The van der Waals surface area contributed by atoms with Crippen molar-refractivity contribution in [3.8, 4) is 0 Å². The van der Waals surface area contributed by atoms with Gasteiger partial charge in [0, 0.05) is 33.7 Å². The number of nitrogens with zero attached hydrogens (tertiary/aromatic N) is 1. The van der Waals surface area contributed by atoms with E-state index in [4.69, 9.17) is 23.2 Å². The molecule has 0 heterocycles. The van der Waals surface area contributed by atoms with Crippen molar-refractivity contribution >= 4 is 46.0 Å². The molecule has 0 atom stereocenters. The predicted molar refractivity (Wildman–Crippen MR) is 131 cm³/mol.